The van der Waals surface area contributed by atoms with Gasteiger partial charge in [0.05, 0.1) is 30.8 Å². The molecule has 1 N–H and O–H groups in total. The van der Waals surface area contributed by atoms with Gasteiger partial charge in [-0.25, -0.2) is 12.8 Å². The molecule has 0 saturated heterocycles. The van der Waals surface area contributed by atoms with Crippen LogP contribution in [-0.4, -0.2) is 35.1 Å². The second kappa shape index (κ2) is 11.0. The summed E-state index contributed by atoms with van der Waals surface area (Å²) in [6.45, 7) is 1.43. The zero-order chi connectivity index (χ0) is 24.7. The minimum absolute atomic E-state index is 0.0997. The van der Waals surface area contributed by atoms with Crippen LogP contribution in [0.1, 0.15) is 24.9 Å². The van der Waals surface area contributed by atoms with Gasteiger partial charge in [-0.2, -0.15) is 0 Å². The Hall–Kier alpha value is -3.59. The van der Waals surface area contributed by atoms with Gasteiger partial charge in [0.15, 0.2) is 11.5 Å². The standard InChI is InChI=1S/C25H27FN2O5S/c1-4-22(18-8-6-5-7-9-18)27-25(29)17-28(20-12-10-19(26)11-13-20)34(30,31)21-14-15-23(32-2)24(16-21)33-3/h5-16,22H,4,17H2,1-3H3,(H,27,29). The Labute approximate surface area is 199 Å². The third kappa shape index (κ3) is 5.66. The Balaban J connectivity index is 1.95. The molecular weight excluding hydrogens is 459 g/mol. The molecule has 3 rings (SSSR count). The smallest absolute Gasteiger partial charge is 0.264 e. The van der Waals surface area contributed by atoms with Crippen LogP contribution in [0.4, 0.5) is 10.1 Å². The average molecular weight is 487 g/mol. The number of benzene rings is 3. The van der Waals surface area contributed by atoms with E-state index in [4.69, 9.17) is 9.47 Å². The highest BCUT2D eigenvalue weighted by molar-refractivity contribution is 7.92. The van der Waals surface area contributed by atoms with Gasteiger partial charge >= 0.3 is 0 Å². The highest BCUT2D eigenvalue weighted by Gasteiger charge is 2.29. The number of hydrogen-bond donors (Lipinski definition) is 1. The summed E-state index contributed by atoms with van der Waals surface area (Å²) in [5.41, 5.74) is 1.06. The van der Waals surface area contributed by atoms with E-state index >= 15 is 0 Å². The zero-order valence-corrected chi connectivity index (χ0v) is 20.0. The number of ether oxygens (including phenoxy) is 2. The van der Waals surface area contributed by atoms with Crippen LogP contribution >= 0.6 is 0 Å². The number of nitrogens with one attached hydrogen (secondary N) is 1. The summed E-state index contributed by atoms with van der Waals surface area (Å²) >= 11 is 0. The van der Waals surface area contributed by atoms with E-state index in [1.165, 1.54) is 44.6 Å². The van der Waals surface area contributed by atoms with Crippen LogP contribution in [0.2, 0.25) is 0 Å². The molecule has 0 aromatic heterocycles. The first-order valence-electron chi connectivity index (χ1n) is 10.6. The summed E-state index contributed by atoms with van der Waals surface area (Å²) in [6, 6.07) is 18.2. The molecule has 0 spiro atoms. The van der Waals surface area contributed by atoms with Gasteiger partial charge in [-0.3, -0.25) is 9.10 Å². The van der Waals surface area contributed by atoms with E-state index in [0.29, 0.717) is 12.2 Å². The summed E-state index contributed by atoms with van der Waals surface area (Å²) in [7, 11) is -1.37. The maximum atomic E-state index is 13.6. The quantitative estimate of drug-likeness (QED) is 0.462. The van der Waals surface area contributed by atoms with Crippen molar-refractivity contribution >= 4 is 21.6 Å². The van der Waals surface area contributed by atoms with E-state index in [2.05, 4.69) is 5.32 Å². The third-order valence-electron chi connectivity index (χ3n) is 5.29. The predicted molar refractivity (Wildman–Crippen MR) is 128 cm³/mol. The molecule has 0 heterocycles. The van der Waals surface area contributed by atoms with Crippen molar-refractivity contribution in [3.63, 3.8) is 0 Å². The van der Waals surface area contributed by atoms with Crippen molar-refractivity contribution in [2.24, 2.45) is 0 Å². The number of hydrogen-bond acceptors (Lipinski definition) is 5. The van der Waals surface area contributed by atoms with E-state index in [0.717, 1.165) is 22.0 Å². The molecule has 1 unspecified atom stereocenters. The fraction of sp³-hybridized carbons (Fsp3) is 0.240. The number of anilines is 1. The van der Waals surface area contributed by atoms with E-state index in [9.17, 15) is 17.6 Å². The Morgan fingerprint density at radius 3 is 2.21 bits per heavy atom. The van der Waals surface area contributed by atoms with Crippen LogP contribution in [0.15, 0.2) is 77.7 Å². The van der Waals surface area contributed by atoms with Crippen LogP contribution in [0.25, 0.3) is 0 Å². The van der Waals surface area contributed by atoms with Gasteiger partial charge in [-0.15, -0.1) is 0 Å². The first-order chi connectivity index (χ1) is 16.3. The van der Waals surface area contributed by atoms with Crippen LogP contribution in [-0.2, 0) is 14.8 Å². The molecule has 0 bridgehead atoms. The number of sulfonamides is 1. The topological polar surface area (TPSA) is 84.9 Å². The van der Waals surface area contributed by atoms with Crippen molar-refractivity contribution in [2.45, 2.75) is 24.3 Å². The van der Waals surface area contributed by atoms with Crippen molar-refractivity contribution in [2.75, 3.05) is 25.1 Å². The van der Waals surface area contributed by atoms with Crippen LogP contribution in [0.3, 0.4) is 0 Å². The molecule has 180 valence electrons. The number of nitrogens with zero attached hydrogens (tertiary/aromatic N) is 1. The molecule has 9 heteroatoms. The molecule has 0 saturated carbocycles. The molecule has 7 nitrogen and oxygen atoms in total. The first-order valence-corrected chi connectivity index (χ1v) is 12.1. The van der Waals surface area contributed by atoms with Crippen molar-refractivity contribution in [1.29, 1.82) is 0 Å². The maximum absolute atomic E-state index is 13.6. The Bertz CT molecular complexity index is 1220. The minimum atomic E-state index is -4.21. The Kier molecular flexibility index (Phi) is 8.12. The summed E-state index contributed by atoms with van der Waals surface area (Å²) in [4.78, 5) is 12.9. The number of methoxy groups -OCH3 is 2. The Morgan fingerprint density at radius 2 is 1.62 bits per heavy atom. The summed E-state index contributed by atoms with van der Waals surface area (Å²) in [6.07, 6.45) is 0.620. The first kappa shape index (κ1) is 25.0. The normalized spacial score (nSPS) is 12.0. The number of amides is 1. The molecule has 1 amide bonds. The van der Waals surface area contributed by atoms with E-state index in [-0.39, 0.29) is 22.4 Å². The number of carbonyl (C=O) groups is 1. The van der Waals surface area contributed by atoms with Gasteiger partial charge in [0.2, 0.25) is 5.91 Å². The highest BCUT2D eigenvalue weighted by Crippen LogP contribution is 2.32. The Morgan fingerprint density at radius 1 is 0.971 bits per heavy atom. The summed E-state index contributed by atoms with van der Waals surface area (Å²) < 4.78 is 52.1. The summed E-state index contributed by atoms with van der Waals surface area (Å²) in [5.74, 6) is -0.431. The van der Waals surface area contributed by atoms with E-state index in [1.807, 2.05) is 37.3 Å². The highest BCUT2D eigenvalue weighted by atomic mass is 32.2. The molecule has 0 aliphatic rings. The monoisotopic (exact) mass is 486 g/mol. The largest absolute Gasteiger partial charge is 0.493 e. The average Bonchev–Trinajstić information content (AvgIpc) is 2.86. The van der Waals surface area contributed by atoms with Crippen molar-refractivity contribution in [3.05, 3.63) is 84.2 Å². The maximum Gasteiger partial charge on any atom is 0.264 e. The zero-order valence-electron chi connectivity index (χ0n) is 19.2. The van der Waals surface area contributed by atoms with Gasteiger partial charge in [0.25, 0.3) is 10.0 Å². The molecule has 34 heavy (non-hydrogen) atoms. The third-order valence-corrected chi connectivity index (χ3v) is 7.06. The SMILES string of the molecule is CCC(NC(=O)CN(c1ccc(F)cc1)S(=O)(=O)c1ccc(OC)c(OC)c1)c1ccccc1. The van der Waals surface area contributed by atoms with Crippen molar-refractivity contribution < 1.29 is 27.1 Å². The van der Waals surface area contributed by atoms with Gasteiger partial charge in [0, 0.05) is 6.07 Å². The number of carbonyl (C=O) groups excluding carboxylic acids is 1. The van der Waals surface area contributed by atoms with Crippen LogP contribution in [0, 0.1) is 5.82 Å². The second-order valence-electron chi connectivity index (χ2n) is 7.44. The molecule has 0 fully saturated rings. The lowest BCUT2D eigenvalue weighted by Crippen LogP contribution is -2.42. The minimum Gasteiger partial charge on any atom is -0.493 e. The fourth-order valence-corrected chi connectivity index (χ4v) is 4.94. The van der Waals surface area contributed by atoms with Gasteiger partial charge < -0.3 is 14.8 Å². The van der Waals surface area contributed by atoms with Gasteiger partial charge in [-0.05, 0) is 48.4 Å². The molecule has 3 aromatic carbocycles. The van der Waals surface area contributed by atoms with Crippen molar-refractivity contribution in [1.82, 2.24) is 5.32 Å². The molecule has 0 radical (unpaired) electrons. The van der Waals surface area contributed by atoms with E-state index < -0.39 is 28.3 Å². The predicted octanol–water partition coefficient (Wildman–Crippen LogP) is 4.31. The lowest BCUT2D eigenvalue weighted by Gasteiger charge is -2.26. The second-order valence-corrected chi connectivity index (χ2v) is 9.31. The lowest BCUT2D eigenvalue weighted by atomic mass is 10.0. The van der Waals surface area contributed by atoms with E-state index in [1.54, 1.807) is 0 Å². The van der Waals surface area contributed by atoms with Gasteiger partial charge in [-0.1, -0.05) is 37.3 Å². The van der Waals surface area contributed by atoms with Crippen LogP contribution < -0.4 is 19.1 Å². The fourth-order valence-electron chi connectivity index (χ4n) is 3.50. The van der Waals surface area contributed by atoms with Crippen molar-refractivity contribution in [3.8, 4) is 11.5 Å². The molecular formula is C25H27FN2O5S. The molecule has 0 aliphatic heterocycles. The lowest BCUT2D eigenvalue weighted by molar-refractivity contribution is -0.120. The molecule has 3 aromatic rings. The molecule has 0 aliphatic carbocycles. The van der Waals surface area contributed by atoms with Crippen LogP contribution in [0.5, 0.6) is 11.5 Å². The summed E-state index contributed by atoms with van der Waals surface area (Å²) in [5, 5.41) is 2.90. The van der Waals surface area contributed by atoms with Gasteiger partial charge in [0.1, 0.15) is 12.4 Å². The molecule has 1 atom stereocenters. The number of halogens is 1. The number of rotatable bonds is 10.